The van der Waals surface area contributed by atoms with Crippen LogP contribution >= 0.6 is 0 Å². The lowest BCUT2D eigenvalue weighted by Crippen LogP contribution is -2.09. The molecule has 0 radical (unpaired) electrons. The van der Waals surface area contributed by atoms with Crippen LogP contribution in [-0.4, -0.2) is 4.57 Å². The fourth-order valence-electron chi connectivity index (χ4n) is 9.01. The van der Waals surface area contributed by atoms with E-state index in [1.807, 2.05) is 0 Å². The van der Waals surface area contributed by atoms with Crippen LogP contribution in [0.2, 0.25) is 0 Å². The van der Waals surface area contributed by atoms with Crippen molar-refractivity contribution in [1.29, 1.82) is 0 Å². The van der Waals surface area contributed by atoms with E-state index in [1.165, 1.54) is 71.5 Å². The number of aromatic nitrogens is 1. The molecule has 0 amide bonds. The van der Waals surface area contributed by atoms with Crippen LogP contribution in [0.1, 0.15) is 0 Å². The van der Waals surface area contributed by atoms with Crippen molar-refractivity contribution in [3.63, 3.8) is 0 Å². The Morgan fingerprint density at radius 2 is 0.767 bits per heavy atom. The standard InChI is InChI=1S/C58H40N2/c1-4-17-41(18-5-1)46-39-45-21-10-11-24-50(45)54(40-46)43-33-37-49(38-34-43)59(47-22-8-3-9-23-47)48-35-31-42(32-36-48)51-27-16-30-57(58(51)44-19-6-2-7-20-44)60-55-28-14-12-25-52(55)53-26-13-15-29-56(53)60/h1-40H. The van der Waals surface area contributed by atoms with E-state index in [2.05, 4.69) is 252 Å². The first-order valence-corrected chi connectivity index (χ1v) is 20.6. The number of para-hydroxylation sites is 3. The quantitative estimate of drug-likeness (QED) is 0.150. The van der Waals surface area contributed by atoms with Gasteiger partial charge in [-0.2, -0.15) is 0 Å². The molecular weight excluding hydrogens is 725 g/mol. The van der Waals surface area contributed by atoms with E-state index >= 15 is 0 Å². The first-order valence-electron chi connectivity index (χ1n) is 20.6. The number of rotatable bonds is 8. The van der Waals surface area contributed by atoms with E-state index in [0.29, 0.717) is 0 Å². The molecule has 0 aliphatic rings. The van der Waals surface area contributed by atoms with Crippen molar-refractivity contribution >= 4 is 49.6 Å². The van der Waals surface area contributed by atoms with E-state index < -0.39 is 0 Å². The van der Waals surface area contributed by atoms with Gasteiger partial charge in [0.05, 0.1) is 16.7 Å². The maximum Gasteiger partial charge on any atom is 0.0546 e. The van der Waals surface area contributed by atoms with Crippen molar-refractivity contribution < 1.29 is 0 Å². The van der Waals surface area contributed by atoms with Gasteiger partial charge in [-0.05, 0) is 116 Å². The minimum atomic E-state index is 1.09. The highest BCUT2D eigenvalue weighted by atomic mass is 15.1. The third-order valence-corrected chi connectivity index (χ3v) is 11.8. The Labute approximate surface area is 350 Å². The smallest absolute Gasteiger partial charge is 0.0546 e. The average molecular weight is 765 g/mol. The van der Waals surface area contributed by atoms with Gasteiger partial charge in [-0.1, -0.05) is 176 Å². The Kier molecular flexibility index (Phi) is 8.87. The predicted octanol–water partition coefficient (Wildman–Crippen LogP) is 16.1. The minimum Gasteiger partial charge on any atom is -0.311 e. The van der Waals surface area contributed by atoms with Gasteiger partial charge in [-0.25, -0.2) is 0 Å². The summed E-state index contributed by atoms with van der Waals surface area (Å²) in [5.74, 6) is 0. The Morgan fingerprint density at radius 1 is 0.283 bits per heavy atom. The summed E-state index contributed by atoms with van der Waals surface area (Å²) >= 11 is 0. The van der Waals surface area contributed by atoms with Crippen molar-refractivity contribution in [1.82, 2.24) is 4.57 Å². The van der Waals surface area contributed by atoms with Crippen LogP contribution in [0.25, 0.3) is 82.8 Å². The number of anilines is 3. The van der Waals surface area contributed by atoms with E-state index in [-0.39, 0.29) is 0 Å². The molecule has 2 nitrogen and oxygen atoms in total. The zero-order chi connectivity index (χ0) is 39.8. The second kappa shape index (κ2) is 15.1. The number of hydrogen-bond donors (Lipinski definition) is 0. The molecule has 0 aliphatic carbocycles. The van der Waals surface area contributed by atoms with Crippen molar-refractivity contribution in [2.24, 2.45) is 0 Å². The third kappa shape index (κ3) is 6.23. The molecule has 2 heteroatoms. The maximum atomic E-state index is 2.44. The van der Waals surface area contributed by atoms with Crippen molar-refractivity contribution in [3.05, 3.63) is 243 Å². The topological polar surface area (TPSA) is 8.17 Å². The first kappa shape index (κ1) is 35.2. The van der Waals surface area contributed by atoms with Gasteiger partial charge in [0.2, 0.25) is 0 Å². The minimum absolute atomic E-state index is 1.09. The van der Waals surface area contributed by atoms with Crippen molar-refractivity contribution in [2.75, 3.05) is 4.90 Å². The van der Waals surface area contributed by atoms with Crippen LogP contribution in [0, 0.1) is 0 Å². The van der Waals surface area contributed by atoms with Gasteiger partial charge in [0, 0.05) is 33.4 Å². The molecular formula is C58H40N2. The second-order valence-corrected chi connectivity index (χ2v) is 15.3. The molecule has 11 aromatic rings. The molecule has 0 aliphatic heterocycles. The summed E-state index contributed by atoms with van der Waals surface area (Å²) in [7, 11) is 0. The molecule has 0 spiro atoms. The summed E-state index contributed by atoms with van der Waals surface area (Å²) in [6.07, 6.45) is 0. The molecule has 11 rings (SSSR count). The fourth-order valence-corrected chi connectivity index (χ4v) is 9.01. The Bertz CT molecular complexity index is 3220. The summed E-state index contributed by atoms with van der Waals surface area (Å²) in [4.78, 5) is 2.35. The molecule has 10 aromatic carbocycles. The Morgan fingerprint density at radius 3 is 1.38 bits per heavy atom. The van der Waals surface area contributed by atoms with Gasteiger partial charge in [-0.3, -0.25) is 0 Å². The summed E-state index contributed by atoms with van der Waals surface area (Å²) in [6, 6.07) is 87.8. The summed E-state index contributed by atoms with van der Waals surface area (Å²) in [5.41, 5.74) is 16.4. The van der Waals surface area contributed by atoms with Crippen LogP contribution in [0.15, 0.2) is 243 Å². The summed E-state index contributed by atoms with van der Waals surface area (Å²) in [5, 5.41) is 4.99. The number of nitrogens with zero attached hydrogens (tertiary/aromatic N) is 2. The molecule has 1 aromatic heterocycles. The number of fused-ring (bicyclic) bond motifs is 4. The molecule has 0 saturated heterocycles. The second-order valence-electron chi connectivity index (χ2n) is 15.3. The average Bonchev–Trinajstić information content (AvgIpc) is 3.67. The highest BCUT2D eigenvalue weighted by Crippen LogP contribution is 2.43. The van der Waals surface area contributed by atoms with Gasteiger partial charge in [0.25, 0.3) is 0 Å². The van der Waals surface area contributed by atoms with E-state index in [0.717, 1.165) is 28.3 Å². The zero-order valence-electron chi connectivity index (χ0n) is 33.0. The van der Waals surface area contributed by atoms with Gasteiger partial charge in [0.1, 0.15) is 0 Å². The Hall–Kier alpha value is -7.94. The molecule has 1 heterocycles. The van der Waals surface area contributed by atoms with Gasteiger partial charge >= 0.3 is 0 Å². The summed E-state index contributed by atoms with van der Waals surface area (Å²) in [6.45, 7) is 0. The molecule has 0 atom stereocenters. The summed E-state index contributed by atoms with van der Waals surface area (Å²) < 4.78 is 2.44. The lowest BCUT2D eigenvalue weighted by molar-refractivity contribution is 1.18. The highest BCUT2D eigenvalue weighted by Gasteiger charge is 2.20. The maximum absolute atomic E-state index is 2.44. The van der Waals surface area contributed by atoms with E-state index in [1.54, 1.807) is 0 Å². The predicted molar refractivity (Wildman–Crippen MR) is 255 cm³/mol. The fraction of sp³-hybridized carbons (Fsp3) is 0. The molecule has 0 bridgehead atoms. The SMILES string of the molecule is c1ccc(-c2cc(-c3ccc(N(c4ccccc4)c4ccc(-c5cccc(-n6c7ccccc7c7ccccc76)c5-c5ccccc5)cc4)cc3)c3ccccc3c2)cc1. The lowest BCUT2D eigenvalue weighted by Gasteiger charge is -2.26. The van der Waals surface area contributed by atoms with Crippen molar-refractivity contribution in [3.8, 4) is 50.2 Å². The molecule has 0 N–H and O–H groups in total. The van der Waals surface area contributed by atoms with Crippen LogP contribution in [0.3, 0.4) is 0 Å². The lowest BCUT2D eigenvalue weighted by atomic mass is 9.92. The third-order valence-electron chi connectivity index (χ3n) is 11.8. The van der Waals surface area contributed by atoms with Gasteiger partial charge < -0.3 is 9.47 Å². The van der Waals surface area contributed by atoms with Crippen LogP contribution in [0.4, 0.5) is 17.1 Å². The van der Waals surface area contributed by atoms with E-state index in [4.69, 9.17) is 0 Å². The van der Waals surface area contributed by atoms with E-state index in [9.17, 15) is 0 Å². The monoisotopic (exact) mass is 764 g/mol. The normalized spacial score (nSPS) is 11.3. The first-order chi connectivity index (χ1) is 29.8. The molecule has 60 heavy (non-hydrogen) atoms. The number of benzene rings is 10. The molecule has 282 valence electrons. The van der Waals surface area contributed by atoms with Crippen LogP contribution in [0.5, 0.6) is 0 Å². The molecule has 0 saturated carbocycles. The Balaban J connectivity index is 1.01. The zero-order valence-corrected chi connectivity index (χ0v) is 33.0. The van der Waals surface area contributed by atoms with Crippen LogP contribution in [-0.2, 0) is 0 Å². The van der Waals surface area contributed by atoms with Crippen molar-refractivity contribution in [2.45, 2.75) is 0 Å². The van der Waals surface area contributed by atoms with Gasteiger partial charge in [-0.15, -0.1) is 0 Å². The van der Waals surface area contributed by atoms with Crippen LogP contribution < -0.4 is 4.90 Å². The highest BCUT2D eigenvalue weighted by molar-refractivity contribution is 6.10. The number of hydrogen-bond acceptors (Lipinski definition) is 1. The molecule has 0 unspecified atom stereocenters. The largest absolute Gasteiger partial charge is 0.311 e. The molecule has 0 fully saturated rings. The van der Waals surface area contributed by atoms with Gasteiger partial charge in [0.15, 0.2) is 0 Å².